The number of alkyl halides is 1. The molecule has 0 fully saturated rings. The molecule has 0 aliphatic heterocycles. The second kappa shape index (κ2) is 9.73. The van der Waals surface area contributed by atoms with E-state index in [1.165, 1.54) is 42.9 Å². The van der Waals surface area contributed by atoms with Crippen molar-refractivity contribution in [3.05, 3.63) is 36.4 Å². The highest BCUT2D eigenvalue weighted by Crippen LogP contribution is 2.25. The van der Waals surface area contributed by atoms with Crippen LogP contribution in [0.25, 0.3) is 10.8 Å². The molecule has 2 rings (SSSR count). The van der Waals surface area contributed by atoms with Crippen LogP contribution in [0, 0.1) is 0 Å². The summed E-state index contributed by atoms with van der Waals surface area (Å²) in [5.41, 5.74) is 0. The van der Waals surface area contributed by atoms with Crippen LogP contribution in [0.3, 0.4) is 0 Å². The van der Waals surface area contributed by atoms with Crippen LogP contribution in [0.2, 0.25) is 0 Å². The van der Waals surface area contributed by atoms with Crippen molar-refractivity contribution in [2.24, 2.45) is 0 Å². The van der Waals surface area contributed by atoms with E-state index in [9.17, 15) is 0 Å². The lowest BCUT2D eigenvalue weighted by Gasteiger charge is -2.08. The van der Waals surface area contributed by atoms with Gasteiger partial charge in [-0.05, 0) is 47.9 Å². The standard InChI is InChI=1S/C19H25BrO2/c1-21-18-10-8-17-15-19(11-9-16(17)14-18)22-13-7-5-3-2-4-6-12-20/h8-11,14-15H,2-7,12-13H2,1H3. The van der Waals surface area contributed by atoms with E-state index in [1.807, 2.05) is 18.2 Å². The Kier molecular flexibility index (Phi) is 7.58. The average molecular weight is 365 g/mol. The van der Waals surface area contributed by atoms with Gasteiger partial charge in [-0.15, -0.1) is 0 Å². The molecule has 22 heavy (non-hydrogen) atoms. The minimum atomic E-state index is 0.806. The number of unbranched alkanes of at least 4 members (excludes halogenated alkanes) is 5. The predicted molar refractivity (Wildman–Crippen MR) is 97.5 cm³/mol. The third-order valence-electron chi connectivity index (χ3n) is 3.82. The van der Waals surface area contributed by atoms with Crippen molar-refractivity contribution in [2.75, 3.05) is 19.0 Å². The predicted octanol–water partition coefficient (Wildman–Crippen LogP) is 5.96. The fraction of sp³-hybridized carbons (Fsp3) is 0.474. The summed E-state index contributed by atoms with van der Waals surface area (Å²) in [6.45, 7) is 0.806. The lowest BCUT2D eigenvalue weighted by Crippen LogP contribution is -1.97. The second-order valence-electron chi connectivity index (χ2n) is 5.53. The average Bonchev–Trinajstić information content (AvgIpc) is 2.56. The van der Waals surface area contributed by atoms with Crippen molar-refractivity contribution in [3.63, 3.8) is 0 Å². The van der Waals surface area contributed by atoms with E-state index in [4.69, 9.17) is 9.47 Å². The highest BCUT2D eigenvalue weighted by atomic mass is 79.9. The normalized spacial score (nSPS) is 10.8. The van der Waals surface area contributed by atoms with Gasteiger partial charge in [0.05, 0.1) is 13.7 Å². The van der Waals surface area contributed by atoms with Crippen LogP contribution in [0.4, 0.5) is 0 Å². The molecule has 2 aromatic carbocycles. The number of hydrogen-bond acceptors (Lipinski definition) is 2. The summed E-state index contributed by atoms with van der Waals surface area (Å²) < 4.78 is 11.1. The summed E-state index contributed by atoms with van der Waals surface area (Å²) in [5, 5.41) is 3.50. The first-order valence-corrected chi connectivity index (χ1v) is 9.22. The highest BCUT2D eigenvalue weighted by molar-refractivity contribution is 9.09. The summed E-state index contributed by atoms with van der Waals surface area (Å²) in [6.07, 6.45) is 7.66. The Morgan fingerprint density at radius 1 is 0.773 bits per heavy atom. The third kappa shape index (κ3) is 5.53. The van der Waals surface area contributed by atoms with Gasteiger partial charge in [0.25, 0.3) is 0 Å². The van der Waals surface area contributed by atoms with E-state index < -0.39 is 0 Å². The maximum atomic E-state index is 5.86. The summed E-state index contributed by atoms with van der Waals surface area (Å²) in [7, 11) is 1.69. The molecule has 0 aromatic heterocycles. The number of fused-ring (bicyclic) bond motifs is 1. The number of hydrogen-bond donors (Lipinski definition) is 0. The first kappa shape index (κ1) is 17.1. The van der Waals surface area contributed by atoms with Crippen molar-refractivity contribution in [3.8, 4) is 11.5 Å². The topological polar surface area (TPSA) is 18.5 Å². The molecule has 0 atom stereocenters. The number of ether oxygens (including phenoxy) is 2. The SMILES string of the molecule is COc1ccc2cc(OCCCCCCCCBr)ccc2c1. The van der Waals surface area contributed by atoms with Gasteiger partial charge in [-0.25, -0.2) is 0 Å². The van der Waals surface area contributed by atoms with Gasteiger partial charge >= 0.3 is 0 Å². The van der Waals surface area contributed by atoms with Gasteiger partial charge in [0.15, 0.2) is 0 Å². The van der Waals surface area contributed by atoms with Crippen molar-refractivity contribution in [1.82, 2.24) is 0 Å². The minimum Gasteiger partial charge on any atom is -0.497 e. The minimum absolute atomic E-state index is 0.806. The van der Waals surface area contributed by atoms with Crippen LogP contribution in [0.1, 0.15) is 38.5 Å². The van der Waals surface area contributed by atoms with Crippen LogP contribution in [-0.4, -0.2) is 19.0 Å². The Morgan fingerprint density at radius 2 is 1.36 bits per heavy atom. The van der Waals surface area contributed by atoms with E-state index in [2.05, 4.69) is 34.1 Å². The second-order valence-corrected chi connectivity index (χ2v) is 6.33. The van der Waals surface area contributed by atoms with E-state index in [-0.39, 0.29) is 0 Å². The zero-order chi connectivity index (χ0) is 15.6. The Morgan fingerprint density at radius 3 is 2.05 bits per heavy atom. The monoisotopic (exact) mass is 364 g/mol. The molecule has 0 unspecified atom stereocenters. The number of halogens is 1. The van der Waals surface area contributed by atoms with Crippen molar-refractivity contribution >= 4 is 26.7 Å². The molecule has 0 bridgehead atoms. The van der Waals surface area contributed by atoms with E-state index in [0.29, 0.717) is 0 Å². The molecule has 0 N–H and O–H groups in total. The zero-order valence-electron chi connectivity index (χ0n) is 13.3. The smallest absolute Gasteiger partial charge is 0.119 e. The molecule has 3 heteroatoms. The Hall–Kier alpha value is -1.22. The molecule has 0 saturated heterocycles. The van der Waals surface area contributed by atoms with Gasteiger partial charge in [0, 0.05) is 5.33 Å². The first-order valence-electron chi connectivity index (χ1n) is 8.10. The number of benzene rings is 2. The van der Waals surface area contributed by atoms with Crippen molar-refractivity contribution < 1.29 is 9.47 Å². The van der Waals surface area contributed by atoms with Crippen LogP contribution in [-0.2, 0) is 0 Å². The van der Waals surface area contributed by atoms with Crippen molar-refractivity contribution in [2.45, 2.75) is 38.5 Å². The van der Waals surface area contributed by atoms with Gasteiger partial charge in [-0.3, -0.25) is 0 Å². The van der Waals surface area contributed by atoms with Gasteiger partial charge in [-0.2, -0.15) is 0 Å². The maximum Gasteiger partial charge on any atom is 0.119 e. The Labute approximate surface area is 141 Å². The molecule has 0 spiro atoms. The van der Waals surface area contributed by atoms with Crippen LogP contribution < -0.4 is 9.47 Å². The van der Waals surface area contributed by atoms with E-state index in [1.54, 1.807) is 7.11 Å². The Bertz CT molecular complexity index is 568. The summed E-state index contributed by atoms with van der Waals surface area (Å²) in [6, 6.07) is 12.3. The Balaban J connectivity index is 1.73. The number of rotatable bonds is 10. The molecule has 0 radical (unpaired) electrons. The highest BCUT2D eigenvalue weighted by Gasteiger charge is 2.00. The van der Waals surface area contributed by atoms with Crippen molar-refractivity contribution in [1.29, 1.82) is 0 Å². The molecule has 0 aliphatic rings. The maximum absolute atomic E-state index is 5.86. The molecule has 0 saturated carbocycles. The quantitative estimate of drug-likeness (QED) is 0.382. The molecule has 0 amide bonds. The van der Waals surface area contributed by atoms with E-state index in [0.717, 1.165) is 29.9 Å². The zero-order valence-corrected chi connectivity index (χ0v) is 14.9. The third-order valence-corrected chi connectivity index (χ3v) is 4.38. The fourth-order valence-corrected chi connectivity index (χ4v) is 2.91. The first-order chi connectivity index (χ1) is 10.8. The van der Waals surface area contributed by atoms with Crippen LogP contribution >= 0.6 is 15.9 Å². The summed E-state index contributed by atoms with van der Waals surface area (Å²) in [4.78, 5) is 0. The summed E-state index contributed by atoms with van der Waals surface area (Å²) >= 11 is 3.47. The molecular weight excluding hydrogens is 340 g/mol. The largest absolute Gasteiger partial charge is 0.497 e. The molecule has 2 nitrogen and oxygen atoms in total. The molecule has 2 aromatic rings. The van der Waals surface area contributed by atoms with Gasteiger partial charge in [0.2, 0.25) is 0 Å². The lowest BCUT2D eigenvalue weighted by molar-refractivity contribution is 0.305. The van der Waals surface area contributed by atoms with Gasteiger partial charge < -0.3 is 9.47 Å². The molecular formula is C19H25BrO2. The van der Waals surface area contributed by atoms with Gasteiger partial charge in [0.1, 0.15) is 11.5 Å². The fourth-order valence-electron chi connectivity index (χ4n) is 2.51. The van der Waals surface area contributed by atoms with Gasteiger partial charge in [-0.1, -0.05) is 53.7 Å². The molecule has 0 aliphatic carbocycles. The van der Waals surface area contributed by atoms with E-state index >= 15 is 0 Å². The molecule has 0 heterocycles. The van der Waals surface area contributed by atoms with Crippen LogP contribution in [0.5, 0.6) is 11.5 Å². The lowest BCUT2D eigenvalue weighted by atomic mass is 10.1. The molecule has 120 valence electrons. The number of methoxy groups -OCH3 is 1. The summed E-state index contributed by atoms with van der Waals surface area (Å²) in [5.74, 6) is 1.85. The van der Waals surface area contributed by atoms with Crippen LogP contribution in [0.15, 0.2) is 36.4 Å².